The zero-order chi connectivity index (χ0) is 31.9. The van der Waals surface area contributed by atoms with E-state index in [2.05, 4.69) is 86.6 Å². The number of aromatic hydroxyl groups is 2. The molecule has 6 rings (SSSR count). The molecule has 0 heterocycles. The van der Waals surface area contributed by atoms with Crippen molar-refractivity contribution in [3.63, 3.8) is 0 Å². The van der Waals surface area contributed by atoms with Gasteiger partial charge >= 0.3 is 0 Å². The van der Waals surface area contributed by atoms with E-state index in [0.29, 0.717) is 11.5 Å². The van der Waals surface area contributed by atoms with Crippen LogP contribution in [0.1, 0.15) is 102 Å². The predicted molar refractivity (Wildman–Crippen MR) is 199 cm³/mol. The Kier molecular flexibility index (Phi) is 10.4. The van der Waals surface area contributed by atoms with Crippen molar-refractivity contribution in [2.75, 3.05) is 0 Å². The molecule has 6 aromatic rings. The minimum atomic E-state index is 0.360. The van der Waals surface area contributed by atoms with Crippen molar-refractivity contribution in [3.8, 4) is 22.6 Å². The fourth-order valence-corrected chi connectivity index (χ4v) is 7.69. The van der Waals surface area contributed by atoms with E-state index in [1.165, 1.54) is 86.5 Å². The first-order valence-electron chi connectivity index (χ1n) is 18.0. The lowest BCUT2D eigenvalue weighted by molar-refractivity contribution is 0.487. The maximum absolute atomic E-state index is 11.8. The molecule has 0 aliphatic rings. The van der Waals surface area contributed by atoms with Crippen LogP contribution in [-0.2, 0) is 12.8 Å². The molecule has 6 aromatic carbocycles. The van der Waals surface area contributed by atoms with Crippen LogP contribution >= 0.6 is 0 Å². The summed E-state index contributed by atoms with van der Waals surface area (Å²) in [6.07, 6.45) is 16.9. The highest BCUT2D eigenvalue weighted by Gasteiger charge is 2.23. The quantitative estimate of drug-likeness (QED) is 0.0897. The Hall–Kier alpha value is -4.04. The van der Waals surface area contributed by atoms with E-state index in [9.17, 15) is 10.2 Å². The van der Waals surface area contributed by atoms with Gasteiger partial charge < -0.3 is 10.2 Å². The Morgan fingerprint density at radius 3 is 1.13 bits per heavy atom. The molecule has 46 heavy (non-hydrogen) atoms. The fraction of sp³-hybridized carbons (Fsp3) is 0.364. The highest BCUT2D eigenvalue weighted by atomic mass is 16.3. The van der Waals surface area contributed by atoms with Crippen LogP contribution in [0, 0.1) is 0 Å². The Bertz CT molecular complexity index is 1810. The van der Waals surface area contributed by atoms with Crippen LogP contribution in [0.15, 0.2) is 84.9 Å². The molecule has 2 heteroatoms. The first-order chi connectivity index (χ1) is 22.7. The van der Waals surface area contributed by atoms with E-state index < -0.39 is 0 Å². The molecule has 0 radical (unpaired) electrons. The van der Waals surface area contributed by atoms with Crippen molar-refractivity contribution in [1.29, 1.82) is 0 Å². The second-order valence-electron chi connectivity index (χ2n) is 13.3. The summed E-state index contributed by atoms with van der Waals surface area (Å²) in [5.41, 5.74) is 4.95. The first-order valence-corrected chi connectivity index (χ1v) is 18.0. The van der Waals surface area contributed by atoms with Crippen LogP contribution in [0.5, 0.6) is 11.5 Å². The van der Waals surface area contributed by atoms with Crippen LogP contribution < -0.4 is 0 Å². The van der Waals surface area contributed by atoms with Gasteiger partial charge in [0.05, 0.1) is 0 Å². The number of unbranched alkanes of at least 4 members (excludes halogenated alkanes) is 10. The third-order valence-corrected chi connectivity index (χ3v) is 10.1. The lowest BCUT2D eigenvalue weighted by Crippen LogP contribution is -1.97. The molecular formula is C44H50O2. The Balaban J connectivity index is 1.62. The Morgan fingerprint density at radius 2 is 0.717 bits per heavy atom. The lowest BCUT2D eigenvalue weighted by Gasteiger charge is -2.22. The van der Waals surface area contributed by atoms with Gasteiger partial charge in [0.2, 0.25) is 0 Å². The topological polar surface area (TPSA) is 40.5 Å². The molecule has 0 saturated heterocycles. The molecule has 0 bridgehead atoms. The molecular weight excluding hydrogens is 560 g/mol. The van der Waals surface area contributed by atoms with Gasteiger partial charge in [-0.25, -0.2) is 0 Å². The van der Waals surface area contributed by atoms with Crippen molar-refractivity contribution in [3.05, 3.63) is 96.1 Å². The van der Waals surface area contributed by atoms with E-state index >= 15 is 0 Å². The van der Waals surface area contributed by atoms with Crippen LogP contribution in [0.4, 0.5) is 0 Å². The summed E-state index contributed by atoms with van der Waals surface area (Å²) >= 11 is 0. The molecule has 0 aromatic heterocycles. The Morgan fingerprint density at radius 1 is 0.370 bits per heavy atom. The van der Waals surface area contributed by atoms with Crippen LogP contribution in [0.3, 0.4) is 0 Å². The van der Waals surface area contributed by atoms with E-state index in [1.807, 2.05) is 12.1 Å². The molecule has 238 valence electrons. The van der Waals surface area contributed by atoms with Gasteiger partial charge in [0, 0.05) is 21.5 Å². The standard InChI is InChI=1S/C44H50O2/c1-3-5-7-9-11-13-21-31-23-19-29-37-39(31)41(33-25-15-17-27-35(33)43(37)45)42-34-26-16-18-28-36(34)44(46)38-30-20-24-32(40(38)42)22-14-12-10-8-6-4-2/h15-20,23-30,45-46H,3-14,21-22H2,1-2H3. The van der Waals surface area contributed by atoms with Gasteiger partial charge in [-0.15, -0.1) is 0 Å². The van der Waals surface area contributed by atoms with Gasteiger partial charge in [-0.3, -0.25) is 0 Å². The van der Waals surface area contributed by atoms with Crippen molar-refractivity contribution in [1.82, 2.24) is 0 Å². The maximum Gasteiger partial charge on any atom is 0.131 e. The molecule has 2 N–H and O–H groups in total. The third kappa shape index (κ3) is 6.32. The van der Waals surface area contributed by atoms with E-state index in [-0.39, 0.29) is 0 Å². The van der Waals surface area contributed by atoms with Gasteiger partial charge in [-0.05, 0) is 69.5 Å². The summed E-state index contributed by atoms with van der Waals surface area (Å²) in [6, 6.07) is 29.6. The van der Waals surface area contributed by atoms with Crippen molar-refractivity contribution in [2.45, 2.75) is 104 Å². The molecule has 0 unspecified atom stereocenters. The molecule has 2 nitrogen and oxygen atoms in total. The predicted octanol–water partition coefficient (Wildman–Crippen LogP) is 13.2. The zero-order valence-corrected chi connectivity index (χ0v) is 27.9. The van der Waals surface area contributed by atoms with Gasteiger partial charge in [0.25, 0.3) is 0 Å². The number of hydrogen-bond acceptors (Lipinski definition) is 2. The van der Waals surface area contributed by atoms with Crippen LogP contribution in [0.25, 0.3) is 54.2 Å². The SMILES string of the molecule is CCCCCCCCc1cccc2c(O)c3ccccc3c(-c3c4ccccc4c(O)c4cccc(CCCCCCCC)c34)c12. The monoisotopic (exact) mass is 610 g/mol. The summed E-state index contributed by atoms with van der Waals surface area (Å²) in [4.78, 5) is 0. The summed E-state index contributed by atoms with van der Waals surface area (Å²) in [6.45, 7) is 4.54. The molecule has 0 atom stereocenters. The average molecular weight is 611 g/mol. The van der Waals surface area contributed by atoms with Gasteiger partial charge in [0.15, 0.2) is 0 Å². The van der Waals surface area contributed by atoms with Crippen molar-refractivity contribution in [2.24, 2.45) is 0 Å². The minimum absolute atomic E-state index is 0.360. The summed E-state index contributed by atoms with van der Waals surface area (Å²) in [5, 5.41) is 31.5. The molecule has 0 aliphatic heterocycles. The van der Waals surface area contributed by atoms with Gasteiger partial charge in [0.1, 0.15) is 11.5 Å². The second-order valence-corrected chi connectivity index (χ2v) is 13.3. The minimum Gasteiger partial charge on any atom is -0.507 e. The molecule has 0 aliphatic carbocycles. The zero-order valence-electron chi connectivity index (χ0n) is 27.9. The lowest BCUT2D eigenvalue weighted by atomic mass is 9.82. The average Bonchev–Trinajstić information content (AvgIpc) is 3.09. The number of benzene rings is 6. The summed E-state index contributed by atoms with van der Waals surface area (Å²) in [5.74, 6) is 0.720. The van der Waals surface area contributed by atoms with Crippen molar-refractivity contribution < 1.29 is 10.2 Å². The highest BCUT2D eigenvalue weighted by Crippen LogP contribution is 2.51. The highest BCUT2D eigenvalue weighted by molar-refractivity contribution is 6.27. The molecule has 0 fully saturated rings. The normalized spacial score (nSPS) is 11.8. The Labute approximate surface area is 275 Å². The van der Waals surface area contributed by atoms with Crippen LogP contribution in [0.2, 0.25) is 0 Å². The van der Waals surface area contributed by atoms with Gasteiger partial charge in [-0.2, -0.15) is 0 Å². The smallest absolute Gasteiger partial charge is 0.131 e. The third-order valence-electron chi connectivity index (χ3n) is 10.1. The number of aryl methyl sites for hydroxylation is 2. The molecule has 0 spiro atoms. The van der Waals surface area contributed by atoms with Crippen LogP contribution in [-0.4, -0.2) is 10.2 Å². The largest absolute Gasteiger partial charge is 0.507 e. The number of phenols is 2. The first kappa shape index (κ1) is 31.9. The molecule has 0 saturated carbocycles. The number of hydrogen-bond donors (Lipinski definition) is 2. The van der Waals surface area contributed by atoms with E-state index in [1.54, 1.807) is 0 Å². The van der Waals surface area contributed by atoms with E-state index in [0.717, 1.165) is 68.8 Å². The maximum atomic E-state index is 11.8. The van der Waals surface area contributed by atoms with E-state index in [4.69, 9.17) is 0 Å². The number of fused-ring (bicyclic) bond motifs is 4. The fourth-order valence-electron chi connectivity index (χ4n) is 7.69. The number of rotatable bonds is 15. The number of phenolic OH excluding ortho intramolecular Hbond substituents is 2. The summed E-state index contributed by atoms with van der Waals surface area (Å²) in [7, 11) is 0. The van der Waals surface area contributed by atoms with Gasteiger partial charge in [-0.1, -0.05) is 163 Å². The van der Waals surface area contributed by atoms with Crippen molar-refractivity contribution >= 4 is 43.1 Å². The molecule has 0 amide bonds. The summed E-state index contributed by atoms with van der Waals surface area (Å²) < 4.78 is 0. The second kappa shape index (κ2) is 15.0.